The summed E-state index contributed by atoms with van der Waals surface area (Å²) in [7, 11) is 1.63. The molecule has 0 atom stereocenters. The predicted octanol–water partition coefficient (Wildman–Crippen LogP) is 4.86. The quantitative estimate of drug-likeness (QED) is 0.262. The summed E-state index contributed by atoms with van der Waals surface area (Å²) in [6.45, 7) is 1.14. The molecule has 29 heavy (non-hydrogen) atoms. The number of anilines is 1. The predicted molar refractivity (Wildman–Crippen MR) is 129 cm³/mol. The Morgan fingerprint density at radius 3 is 2.41 bits per heavy atom. The van der Waals surface area contributed by atoms with Gasteiger partial charge in [0.15, 0.2) is 5.96 Å². The molecule has 3 rings (SSSR count). The van der Waals surface area contributed by atoms with Gasteiger partial charge in [-0.3, -0.25) is 4.99 Å². The van der Waals surface area contributed by atoms with Crippen LogP contribution in [0.4, 0.5) is 5.69 Å². The minimum absolute atomic E-state index is 0. The molecule has 0 fully saturated rings. The number of methoxy groups -OCH3 is 1. The van der Waals surface area contributed by atoms with Gasteiger partial charge in [-0.05, 0) is 41.8 Å². The molecule has 6 heteroatoms. The zero-order valence-electron chi connectivity index (χ0n) is 16.4. The number of nitrogens with one attached hydrogen (secondary N) is 1. The molecule has 3 aromatic rings. The van der Waals surface area contributed by atoms with Crippen LogP contribution in [0.2, 0.25) is 0 Å². The highest BCUT2D eigenvalue weighted by Gasteiger charge is 2.00. The SMILES string of the molecule is COc1cccc(NC(N)=NCCc2cccc(OCc3ccccc3)c2)c1.I. The van der Waals surface area contributed by atoms with Crippen molar-refractivity contribution in [1.82, 2.24) is 0 Å². The molecule has 5 nitrogen and oxygen atoms in total. The van der Waals surface area contributed by atoms with Crippen LogP contribution < -0.4 is 20.5 Å². The van der Waals surface area contributed by atoms with Crippen molar-refractivity contribution in [3.8, 4) is 11.5 Å². The van der Waals surface area contributed by atoms with Gasteiger partial charge in [0.1, 0.15) is 18.1 Å². The maximum absolute atomic E-state index is 5.98. The average molecular weight is 503 g/mol. The Hall–Kier alpha value is -2.74. The fraction of sp³-hybridized carbons (Fsp3) is 0.174. The molecule has 152 valence electrons. The smallest absolute Gasteiger partial charge is 0.193 e. The Bertz CT molecular complexity index is 917. The fourth-order valence-corrected chi connectivity index (χ4v) is 2.73. The first-order valence-corrected chi connectivity index (χ1v) is 9.19. The highest BCUT2D eigenvalue weighted by Crippen LogP contribution is 2.17. The van der Waals surface area contributed by atoms with Crippen LogP contribution in [0.5, 0.6) is 11.5 Å². The zero-order chi connectivity index (χ0) is 19.6. The van der Waals surface area contributed by atoms with Gasteiger partial charge in [-0.25, -0.2) is 0 Å². The molecule has 0 aliphatic heterocycles. The maximum Gasteiger partial charge on any atom is 0.193 e. The third kappa shape index (κ3) is 7.65. The van der Waals surface area contributed by atoms with Gasteiger partial charge in [0.05, 0.1) is 7.11 Å². The van der Waals surface area contributed by atoms with E-state index in [9.17, 15) is 0 Å². The minimum atomic E-state index is 0. The Balaban J connectivity index is 0.00000300. The van der Waals surface area contributed by atoms with Crippen molar-refractivity contribution in [1.29, 1.82) is 0 Å². The highest BCUT2D eigenvalue weighted by atomic mass is 127. The molecule has 0 aliphatic carbocycles. The highest BCUT2D eigenvalue weighted by molar-refractivity contribution is 14.0. The van der Waals surface area contributed by atoms with Crippen LogP contribution in [0.15, 0.2) is 83.9 Å². The van der Waals surface area contributed by atoms with E-state index in [1.54, 1.807) is 7.11 Å². The van der Waals surface area contributed by atoms with E-state index in [0.717, 1.165) is 34.7 Å². The van der Waals surface area contributed by atoms with Crippen molar-refractivity contribution in [3.63, 3.8) is 0 Å². The van der Waals surface area contributed by atoms with E-state index in [0.29, 0.717) is 19.1 Å². The Labute approximate surface area is 189 Å². The zero-order valence-corrected chi connectivity index (χ0v) is 18.7. The summed E-state index contributed by atoms with van der Waals surface area (Å²) >= 11 is 0. The number of aliphatic imine (C=N–C) groups is 1. The van der Waals surface area contributed by atoms with Crippen LogP contribution in [0.25, 0.3) is 0 Å². The van der Waals surface area contributed by atoms with E-state index in [-0.39, 0.29) is 24.0 Å². The second-order valence-electron chi connectivity index (χ2n) is 6.30. The number of ether oxygens (including phenoxy) is 2. The molecule has 0 saturated heterocycles. The number of hydrogen-bond donors (Lipinski definition) is 2. The van der Waals surface area contributed by atoms with Crippen LogP contribution in [0, 0.1) is 0 Å². The van der Waals surface area contributed by atoms with Gasteiger partial charge in [0.25, 0.3) is 0 Å². The van der Waals surface area contributed by atoms with Crippen molar-refractivity contribution in [2.45, 2.75) is 13.0 Å². The number of halogens is 1. The van der Waals surface area contributed by atoms with Crippen molar-refractivity contribution >= 4 is 35.6 Å². The first kappa shape index (κ1) is 22.5. The van der Waals surface area contributed by atoms with Crippen molar-refractivity contribution < 1.29 is 9.47 Å². The van der Waals surface area contributed by atoms with E-state index in [4.69, 9.17) is 15.2 Å². The summed E-state index contributed by atoms with van der Waals surface area (Å²) in [5, 5.41) is 3.08. The molecule has 0 amide bonds. The van der Waals surface area contributed by atoms with E-state index < -0.39 is 0 Å². The largest absolute Gasteiger partial charge is 0.497 e. The van der Waals surface area contributed by atoms with Gasteiger partial charge in [0, 0.05) is 18.3 Å². The molecular weight excluding hydrogens is 477 g/mol. The number of rotatable bonds is 8. The molecule has 0 unspecified atom stereocenters. The van der Waals surface area contributed by atoms with E-state index in [1.165, 1.54) is 0 Å². The third-order valence-corrected chi connectivity index (χ3v) is 4.17. The van der Waals surface area contributed by atoms with Crippen molar-refractivity contribution in [3.05, 3.63) is 90.0 Å². The van der Waals surface area contributed by atoms with Crippen LogP contribution in [0.3, 0.4) is 0 Å². The van der Waals surface area contributed by atoms with Crippen LogP contribution >= 0.6 is 24.0 Å². The lowest BCUT2D eigenvalue weighted by molar-refractivity contribution is 0.306. The van der Waals surface area contributed by atoms with E-state index in [1.807, 2.05) is 60.7 Å². The van der Waals surface area contributed by atoms with Crippen LogP contribution in [0.1, 0.15) is 11.1 Å². The van der Waals surface area contributed by atoms with Gasteiger partial charge in [-0.1, -0.05) is 48.5 Å². The topological polar surface area (TPSA) is 68.9 Å². The molecule has 0 spiro atoms. The van der Waals surface area contributed by atoms with E-state index >= 15 is 0 Å². The molecule has 0 bridgehead atoms. The third-order valence-electron chi connectivity index (χ3n) is 4.17. The number of nitrogens with zero attached hydrogens (tertiary/aromatic N) is 1. The lowest BCUT2D eigenvalue weighted by Gasteiger charge is -2.09. The monoisotopic (exact) mass is 503 g/mol. The molecular formula is C23H26IN3O2. The lowest BCUT2D eigenvalue weighted by atomic mass is 10.1. The van der Waals surface area contributed by atoms with Crippen LogP contribution in [-0.4, -0.2) is 19.6 Å². The van der Waals surface area contributed by atoms with Crippen molar-refractivity contribution in [2.24, 2.45) is 10.7 Å². The Morgan fingerprint density at radius 1 is 0.897 bits per heavy atom. The maximum atomic E-state index is 5.98. The molecule has 3 aromatic carbocycles. The molecule has 0 aromatic heterocycles. The summed E-state index contributed by atoms with van der Waals surface area (Å²) in [6, 6.07) is 25.8. The number of benzene rings is 3. The summed E-state index contributed by atoms with van der Waals surface area (Å²) in [5.74, 6) is 2.00. The van der Waals surface area contributed by atoms with Crippen LogP contribution in [-0.2, 0) is 13.0 Å². The van der Waals surface area contributed by atoms with Gasteiger partial charge < -0.3 is 20.5 Å². The van der Waals surface area contributed by atoms with Gasteiger partial charge in [-0.2, -0.15) is 0 Å². The standard InChI is InChI=1S/C23H25N3O2.HI/c1-27-21-11-6-10-20(16-21)26-23(24)25-14-13-18-9-5-12-22(15-18)28-17-19-7-3-2-4-8-19;/h2-12,15-16H,13-14,17H2,1H3,(H3,24,25,26);1H. The lowest BCUT2D eigenvalue weighted by Crippen LogP contribution is -2.23. The van der Waals surface area contributed by atoms with E-state index in [2.05, 4.69) is 28.5 Å². The first-order valence-electron chi connectivity index (χ1n) is 9.19. The molecule has 0 saturated carbocycles. The van der Waals surface area contributed by atoms with Gasteiger partial charge >= 0.3 is 0 Å². The Kier molecular flexibility index (Phi) is 9.30. The number of guanidine groups is 1. The second-order valence-corrected chi connectivity index (χ2v) is 6.30. The summed E-state index contributed by atoms with van der Waals surface area (Å²) in [4.78, 5) is 4.40. The van der Waals surface area contributed by atoms with Gasteiger partial charge in [-0.15, -0.1) is 24.0 Å². The molecule has 0 heterocycles. The fourth-order valence-electron chi connectivity index (χ4n) is 2.73. The molecule has 3 N–H and O–H groups in total. The average Bonchev–Trinajstić information content (AvgIpc) is 2.73. The van der Waals surface area contributed by atoms with Gasteiger partial charge in [0.2, 0.25) is 0 Å². The summed E-state index contributed by atoms with van der Waals surface area (Å²) < 4.78 is 11.1. The summed E-state index contributed by atoms with van der Waals surface area (Å²) in [5.41, 5.74) is 9.12. The van der Waals surface area contributed by atoms with Crippen molar-refractivity contribution in [2.75, 3.05) is 19.0 Å². The molecule has 0 aliphatic rings. The minimum Gasteiger partial charge on any atom is -0.497 e. The first-order chi connectivity index (χ1) is 13.7. The molecule has 0 radical (unpaired) electrons. The normalized spacial score (nSPS) is 10.7. The number of nitrogens with two attached hydrogens (primary N) is 1. The number of hydrogen-bond acceptors (Lipinski definition) is 3. The Morgan fingerprint density at radius 2 is 1.62 bits per heavy atom. The summed E-state index contributed by atoms with van der Waals surface area (Å²) in [6.07, 6.45) is 0.781. The second kappa shape index (κ2) is 12.0.